The summed E-state index contributed by atoms with van der Waals surface area (Å²) in [5, 5.41) is 6.67. The van der Waals surface area contributed by atoms with Crippen LogP contribution in [0.25, 0.3) is 0 Å². The van der Waals surface area contributed by atoms with Crippen LogP contribution < -0.4 is 5.56 Å². The molecule has 26 heavy (non-hydrogen) atoms. The van der Waals surface area contributed by atoms with Gasteiger partial charge in [0.25, 0.3) is 5.91 Å². The number of carbonyl (C=O) groups is 1. The van der Waals surface area contributed by atoms with Crippen molar-refractivity contribution in [1.29, 1.82) is 0 Å². The number of aromatic nitrogens is 3. The molecule has 1 aliphatic heterocycles. The maximum absolute atomic E-state index is 12.9. The fraction of sp³-hybridized carbons (Fsp3) is 0.438. The second-order valence-electron chi connectivity index (χ2n) is 6.25. The van der Waals surface area contributed by atoms with Gasteiger partial charge in [-0.05, 0) is 26.3 Å². The normalized spacial score (nSPS) is 16.5. The minimum absolute atomic E-state index is 0.206. The Morgan fingerprint density at radius 3 is 2.54 bits per heavy atom. The van der Waals surface area contributed by atoms with Gasteiger partial charge in [0, 0.05) is 38.4 Å². The number of H-pyrrole nitrogens is 2. The minimum atomic E-state index is -3.67. The van der Waals surface area contributed by atoms with Gasteiger partial charge in [-0.2, -0.15) is 9.40 Å². The first-order chi connectivity index (χ1) is 12.3. The first-order valence-electron chi connectivity index (χ1n) is 8.30. The molecule has 0 aliphatic carbocycles. The van der Waals surface area contributed by atoms with E-state index in [1.807, 2.05) is 0 Å². The molecule has 0 saturated carbocycles. The van der Waals surface area contributed by atoms with Gasteiger partial charge in [0.15, 0.2) is 0 Å². The largest absolute Gasteiger partial charge is 0.337 e. The Balaban J connectivity index is 1.77. The Hall–Kier alpha value is -2.46. The molecule has 3 rings (SSSR count). The van der Waals surface area contributed by atoms with Gasteiger partial charge in [-0.1, -0.05) is 0 Å². The van der Waals surface area contributed by atoms with Gasteiger partial charge in [-0.25, -0.2) is 8.42 Å². The summed E-state index contributed by atoms with van der Waals surface area (Å²) in [6.45, 7) is 4.61. The van der Waals surface area contributed by atoms with Gasteiger partial charge < -0.3 is 9.88 Å². The third-order valence-electron chi connectivity index (χ3n) is 4.43. The molecule has 0 radical (unpaired) electrons. The summed E-state index contributed by atoms with van der Waals surface area (Å²) in [6, 6.07) is 2.77. The van der Waals surface area contributed by atoms with Crippen molar-refractivity contribution in [3.63, 3.8) is 0 Å². The van der Waals surface area contributed by atoms with Crippen LogP contribution in [0, 0.1) is 13.8 Å². The lowest BCUT2D eigenvalue weighted by Crippen LogP contribution is -2.37. The van der Waals surface area contributed by atoms with Gasteiger partial charge in [0.05, 0.1) is 17.0 Å². The second kappa shape index (κ2) is 7.04. The average Bonchev–Trinajstić information content (AvgIpc) is 2.81. The van der Waals surface area contributed by atoms with Gasteiger partial charge >= 0.3 is 0 Å². The van der Waals surface area contributed by atoms with Gasteiger partial charge in [0.2, 0.25) is 15.6 Å². The van der Waals surface area contributed by atoms with E-state index in [0.29, 0.717) is 36.5 Å². The fourth-order valence-corrected chi connectivity index (χ4v) is 4.91. The highest BCUT2D eigenvalue weighted by Crippen LogP contribution is 2.23. The topological polar surface area (TPSA) is 119 Å². The highest BCUT2D eigenvalue weighted by Gasteiger charge is 2.32. The third-order valence-corrected chi connectivity index (χ3v) is 6.59. The lowest BCUT2D eigenvalue weighted by Gasteiger charge is -2.22. The predicted molar refractivity (Wildman–Crippen MR) is 94.4 cm³/mol. The van der Waals surface area contributed by atoms with Crippen LogP contribution in [0.2, 0.25) is 0 Å². The summed E-state index contributed by atoms with van der Waals surface area (Å²) in [5.41, 5.74) is 1.05. The van der Waals surface area contributed by atoms with Crippen LogP contribution in [0.3, 0.4) is 0 Å². The zero-order valence-corrected chi connectivity index (χ0v) is 15.5. The summed E-state index contributed by atoms with van der Waals surface area (Å²) in [7, 11) is -3.67. The molecule has 140 valence electrons. The minimum Gasteiger partial charge on any atom is -0.337 e. The Morgan fingerprint density at radius 2 is 1.92 bits per heavy atom. The molecule has 0 spiro atoms. The number of sulfonamides is 1. The SMILES string of the molecule is Cc1n[nH]c(C)c1S(=O)(=O)N1CCCN(C(=O)c2ccc(=O)[nH]c2)CC1. The van der Waals surface area contributed by atoms with E-state index in [0.717, 1.165) is 0 Å². The van der Waals surface area contributed by atoms with Crippen molar-refractivity contribution in [3.8, 4) is 0 Å². The molecule has 2 aromatic heterocycles. The number of hydrogen-bond donors (Lipinski definition) is 2. The summed E-state index contributed by atoms with van der Waals surface area (Å²) >= 11 is 0. The number of carbonyl (C=O) groups excluding carboxylic acids is 1. The first kappa shape index (κ1) is 18.3. The molecule has 2 aromatic rings. The molecule has 3 heterocycles. The van der Waals surface area contributed by atoms with Gasteiger partial charge in [-0.3, -0.25) is 14.7 Å². The molecule has 1 aliphatic rings. The molecule has 1 saturated heterocycles. The van der Waals surface area contributed by atoms with Crippen molar-refractivity contribution >= 4 is 15.9 Å². The van der Waals surface area contributed by atoms with E-state index in [9.17, 15) is 18.0 Å². The number of amides is 1. The molecule has 0 atom stereocenters. The van der Waals surface area contributed by atoms with Crippen LogP contribution in [0.4, 0.5) is 0 Å². The molecule has 9 nitrogen and oxygen atoms in total. The van der Waals surface area contributed by atoms with Crippen LogP contribution in [0.15, 0.2) is 28.0 Å². The maximum atomic E-state index is 12.9. The average molecular weight is 379 g/mol. The molecule has 1 amide bonds. The molecule has 0 bridgehead atoms. The van der Waals surface area contributed by atoms with Crippen LogP contribution >= 0.6 is 0 Å². The third kappa shape index (κ3) is 3.42. The van der Waals surface area contributed by atoms with E-state index in [4.69, 9.17) is 0 Å². The Morgan fingerprint density at radius 1 is 1.15 bits per heavy atom. The van der Waals surface area contributed by atoms with E-state index in [1.54, 1.807) is 18.7 Å². The standard InChI is InChI=1S/C16H21N5O4S/c1-11-15(12(2)19-18-11)26(24,25)21-7-3-6-20(8-9-21)16(23)13-4-5-14(22)17-10-13/h4-5,10H,3,6-9H2,1-2H3,(H,17,22)(H,18,19). The molecule has 10 heteroatoms. The number of pyridine rings is 1. The van der Waals surface area contributed by atoms with Crippen LogP contribution in [-0.2, 0) is 10.0 Å². The van der Waals surface area contributed by atoms with Gasteiger partial charge in [0.1, 0.15) is 4.90 Å². The van der Waals surface area contributed by atoms with E-state index >= 15 is 0 Å². The lowest BCUT2D eigenvalue weighted by molar-refractivity contribution is 0.0764. The summed E-state index contributed by atoms with van der Waals surface area (Å²) in [5.74, 6) is -0.226. The van der Waals surface area contributed by atoms with Crippen LogP contribution in [0.5, 0.6) is 0 Å². The van der Waals surface area contributed by atoms with Crippen LogP contribution in [-0.4, -0.2) is 64.9 Å². The molecule has 0 unspecified atom stereocenters. The van der Waals surface area contributed by atoms with Gasteiger partial charge in [-0.15, -0.1) is 0 Å². The van der Waals surface area contributed by atoms with E-state index in [2.05, 4.69) is 15.2 Å². The lowest BCUT2D eigenvalue weighted by atomic mass is 10.2. The van der Waals surface area contributed by atoms with Crippen molar-refractivity contribution in [3.05, 3.63) is 45.6 Å². The number of nitrogens with one attached hydrogen (secondary N) is 2. The number of rotatable bonds is 3. The predicted octanol–water partition coefficient (Wildman–Crippen LogP) is 0.252. The quantitative estimate of drug-likeness (QED) is 0.792. The number of nitrogens with zero attached hydrogens (tertiary/aromatic N) is 3. The van der Waals surface area contributed by atoms with E-state index < -0.39 is 10.0 Å². The zero-order chi connectivity index (χ0) is 18.9. The zero-order valence-electron chi connectivity index (χ0n) is 14.7. The highest BCUT2D eigenvalue weighted by molar-refractivity contribution is 7.89. The monoisotopic (exact) mass is 379 g/mol. The molecular weight excluding hydrogens is 358 g/mol. The van der Waals surface area contributed by atoms with E-state index in [1.165, 1.54) is 22.6 Å². The smallest absolute Gasteiger partial charge is 0.255 e. The Kier molecular flexibility index (Phi) is 4.97. The van der Waals surface area contributed by atoms with Crippen molar-refractivity contribution in [2.45, 2.75) is 25.2 Å². The second-order valence-corrected chi connectivity index (χ2v) is 8.13. The number of hydrogen-bond acceptors (Lipinski definition) is 5. The Bertz CT molecular complexity index is 939. The number of aryl methyl sites for hydroxylation is 2. The fourth-order valence-electron chi connectivity index (χ4n) is 3.11. The number of aromatic amines is 2. The van der Waals surface area contributed by atoms with Crippen molar-refractivity contribution in [2.75, 3.05) is 26.2 Å². The van der Waals surface area contributed by atoms with Crippen molar-refractivity contribution in [1.82, 2.24) is 24.4 Å². The van der Waals surface area contributed by atoms with Crippen LogP contribution in [0.1, 0.15) is 28.2 Å². The maximum Gasteiger partial charge on any atom is 0.255 e. The molecular formula is C16H21N5O4S. The van der Waals surface area contributed by atoms with Crippen molar-refractivity contribution in [2.24, 2.45) is 0 Å². The summed E-state index contributed by atoms with van der Waals surface area (Å²) in [6.07, 6.45) is 1.91. The highest BCUT2D eigenvalue weighted by atomic mass is 32.2. The first-order valence-corrected chi connectivity index (χ1v) is 9.74. The van der Waals surface area contributed by atoms with E-state index in [-0.39, 0.29) is 29.5 Å². The summed E-state index contributed by atoms with van der Waals surface area (Å²) in [4.78, 5) is 28.0. The molecule has 2 N–H and O–H groups in total. The molecule has 1 fully saturated rings. The van der Waals surface area contributed by atoms with Crippen molar-refractivity contribution < 1.29 is 13.2 Å². The molecule has 0 aromatic carbocycles. The Labute approximate surface area is 151 Å². The summed E-state index contributed by atoms with van der Waals surface area (Å²) < 4.78 is 27.3.